The van der Waals surface area contributed by atoms with E-state index in [-0.39, 0.29) is 19.1 Å². The van der Waals surface area contributed by atoms with Crippen LogP contribution in [0, 0.1) is 0 Å². The Bertz CT molecular complexity index is 790. The number of carbonyl (C=O) groups excluding carboxylic acids is 1. The second kappa shape index (κ2) is 39.9. The number of carboxylic acids is 1. The van der Waals surface area contributed by atoms with Crippen LogP contribution in [0.15, 0.2) is 0 Å². The molecular weight excluding hydrogens is 706 g/mol. The highest BCUT2D eigenvalue weighted by atomic mass is 16.6. The molecule has 0 aliphatic heterocycles. The van der Waals surface area contributed by atoms with Gasteiger partial charge in [-0.3, -0.25) is 4.79 Å². The Labute approximate surface area is 316 Å². The summed E-state index contributed by atoms with van der Waals surface area (Å²) in [4.78, 5) is 23.7. The molecule has 0 heterocycles. The highest BCUT2D eigenvalue weighted by molar-refractivity contribution is 5.67. The summed E-state index contributed by atoms with van der Waals surface area (Å²) in [5, 5.41) is 8.50. The van der Waals surface area contributed by atoms with Crippen molar-refractivity contribution in [3.05, 3.63) is 0 Å². The molecule has 0 radical (unpaired) electrons. The van der Waals surface area contributed by atoms with Crippen molar-refractivity contribution in [3.63, 3.8) is 0 Å². The van der Waals surface area contributed by atoms with Gasteiger partial charge in [0.15, 0.2) is 0 Å². The fourth-order valence-corrected chi connectivity index (χ4v) is 3.53. The second-order valence-corrected chi connectivity index (χ2v) is 12.0. The maximum Gasteiger partial charge on any atom is 0.410 e. The molecule has 0 rings (SSSR count). The van der Waals surface area contributed by atoms with Gasteiger partial charge in [0, 0.05) is 13.6 Å². The van der Waals surface area contributed by atoms with E-state index < -0.39 is 11.6 Å². The average molecular weight is 776 g/mol. The SMILES string of the molecule is CN(CCOCCOCCOCCOCCOCCOCCOCCOCCOCCOCCOCCOCCOCCC(=O)O)C(=O)OC(C)(C)C. The second-order valence-electron chi connectivity index (χ2n) is 12.0. The summed E-state index contributed by atoms with van der Waals surface area (Å²) < 4.78 is 75.8. The van der Waals surface area contributed by atoms with Gasteiger partial charge in [0.2, 0.25) is 0 Å². The van der Waals surface area contributed by atoms with E-state index in [9.17, 15) is 9.59 Å². The summed E-state index contributed by atoms with van der Waals surface area (Å²) >= 11 is 0. The van der Waals surface area contributed by atoms with Crippen LogP contribution in [0.4, 0.5) is 4.79 Å². The zero-order chi connectivity index (χ0) is 38.9. The van der Waals surface area contributed by atoms with Crippen LogP contribution in [0.3, 0.4) is 0 Å². The molecule has 0 atom stereocenters. The lowest BCUT2D eigenvalue weighted by atomic mass is 10.2. The van der Waals surface area contributed by atoms with Crippen molar-refractivity contribution in [2.24, 2.45) is 0 Å². The van der Waals surface area contributed by atoms with Gasteiger partial charge in [0.25, 0.3) is 0 Å². The molecule has 316 valence electrons. The van der Waals surface area contributed by atoms with Gasteiger partial charge in [-0.1, -0.05) is 0 Å². The van der Waals surface area contributed by atoms with E-state index in [0.29, 0.717) is 172 Å². The van der Waals surface area contributed by atoms with Crippen LogP contribution in [0.25, 0.3) is 0 Å². The molecule has 0 saturated carbocycles. The summed E-state index contributed by atoms with van der Waals surface area (Å²) in [6, 6.07) is 0. The molecule has 0 fully saturated rings. The lowest BCUT2D eigenvalue weighted by Crippen LogP contribution is -2.36. The topological polar surface area (TPSA) is 187 Å². The third-order valence-corrected chi connectivity index (χ3v) is 6.20. The molecule has 0 bridgehead atoms. The fraction of sp³-hybridized carbons (Fsp3) is 0.943. The quantitative estimate of drug-likeness (QED) is 0.0880. The van der Waals surface area contributed by atoms with Gasteiger partial charge in [-0.25, -0.2) is 4.79 Å². The van der Waals surface area contributed by atoms with Crippen LogP contribution in [0.5, 0.6) is 0 Å². The summed E-state index contributed by atoms with van der Waals surface area (Å²) in [7, 11) is 1.68. The number of rotatable bonds is 42. The molecule has 0 aromatic carbocycles. The van der Waals surface area contributed by atoms with Gasteiger partial charge >= 0.3 is 12.1 Å². The van der Waals surface area contributed by atoms with Crippen LogP contribution in [0.1, 0.15) is 27.2 Å². The first-order valence-electron chi connectivity index (χ1n) is 18.4. The average Bonchev–Trinajstić information content (AvgIpc) is 3.11. The first-order chi connectivity index (χ1) is 25.7. The van der Waals surface area contributed by atoms with Crippen LogP contribution in [-0.2, 0) is 71.1 Å². The zero-order valence-electron chi connectivity index (χ0n) is 32.7. The number of aliphatic carboxylic acids is 1. The van der Waals surface area contributed by atoms with Gasteiger partial charge in [-0.15, -0.1) is 0 Å². The smallest absolute Gasteiger partial charge is 0.410 e. The van der Waals surface area contributed by atoms with Gasteiger partial charge in [-0.2, -0.15) is 0 Å². The Morgan fingerprint density at radius 2 is 0.604 bits per heavy atom. The number of amides is 1. The molecule has 18 heteroatoms. The monoisotopic (exact) mass is 775 g/mol. The zero-order valence-corrected chi connectivity index (χ0v) is 32.7. The molecule has 1 amide bonds. The minimum atomic E-state index is -0.878. The molecular formula is C35H69NO17. The van der Waals surface area contributed by atoms with Crippen LogP contribution in [-0.4, -0.2) is 213 Å². The first kappa shape index (κ1) is 51.2. The van der Waals surface area contributed by atoms with Crippen molar-refractivity contribution < 1.29 is 81.0 Å². The first-order valence-corrected chi connectivity index (χ1v) is 18.4. The largest absolute Gasteiger partial charge is 0.481 e. The van der Waals surface area contributed by atoms with Crippen LogP contribution < -0.4 is 0 Å². The number of hydrogen-bond acceptors (Lipinski definition) is 16. The predicted molar refractivity (Wildman–Crippen MR) is 192 cm³/mol. The Hall–Kier alpha value is -1.78. The lowest BCUT2D eigenvalue weighted by Gasteiger charge is -2.24. The van der Waals surface area contributed by atoms with Crippen molar-refractivity contribution in [1.82, 2.24) is 4.90 Å². The minimum Gasteiger partial charge on any atom is -0.481 e. The maximum absolute atomic E-state index is 11.9. The van der Waals surface area contributed by atoms with Crippen molar-refractivity contribution in [2.45, 2.75) is 32.8 Å². The molecule has 0 aromatic rings. The van der Waals surface area contributed by atoms with Gasteiger partial charge in [0.05, 0.1) is 178 Å². The molecule has 1 N–H and O–H groups in total. The summed E-state index contributed by atoms with van der Waals surface area (Å²) in [6.07, 6.45) is -0.377. The van der Waals surface area contributed by atoms with Crippen molar-refractivity contribution in [2.75, 3.05) is 185 Å². The number of carbonyl (C=O) groups is 2. The third-order valence-electron chi connectivity index (χ3n) is 6.20. The van der Waals surface area contributed by atoms with E-state index in [1.807, 2.05) is 20.8 Å². The number of carboxylic acid groups (broad SMARTS) is 1. The number of nitrogens with zero attached hydrogens (tertiary/aromatic N) is 1. The number of likely N-dealkylation sites (N-methyl/N-ethyl adjacent to an activating group) is 1. The summed E-state index contributed by atoms with van der Waals surface area (Å²) in [6.45, 7) is 17.7. The van der Waals surface area contributed by atoms with E-state index in [1.54, 1.807) is 7.05 Å². The third kappa shape index (κ3) is 44.5. The highest BCUT2D eigenvalue weighted by Crippen LogP contribution is 2.08. The fourth-order valence-electron chi connectivity index (χ4n) is 3.53. The molecule has 0 aliphatic rings. The maximum atomic E-state index is 11.9. The van der Waals surface area contributed by atoms with E-state index >= 15 is 0 Å². The number of ether oxygens (including phenoxy) is 14. The molecule has 0 saturated heterocycles. The van der Waals surface area contributed by atoms with E-state index in [2.05, 4.69) is 0 Å². The standard InChI is InChI=1S/C35H69NO17/c1-35(2,3)53-34(39)36(4)6-8-41-10-12-43-14-16-45-18-20-47-22-24-49-26-28-51-30-32-52-31-29-50-27-25-48-23-21-46-19-17-44-15-13-42-11-9-40-7-5-33(37)38/h5-32H2,1-4H3,(H,37,38). The normalized spacial score (nSPS) is 11.7. The van der Waals surface area contributed by atoms with E-state index in [4.69, 9.17) is 71.4 Å². The highest BCUT2D eigenvalue weighted by Gasteiger charge is 2.19. The lowest BCUT2D eigenvalue weighted by molar-refractivity contribution is -0.138. The summed E-state index contributed by atoms with van der Waals surface area (Å²) in [5.74, 6) is -0.878. The molecule has 0 aromatic heterocycles. The Morgan fingerprint density at radius 3 is 0.811 bits per heavy atom. The minimum absolute atomic E-state index is 0.00697. The van der Waals surface area contributed by atoms with Gasteiger partial charge in [0.1, 0.15) is 5.60 Å². The van der Waals surface area contributed by atoms with E-state index in [0.717, 1.165) is 0 Å². The van der Waals surface area contributed by atoms with Crippen molar-refractivity contribution in [1.29, 1.82) is 0 Å². The van der Waals surface area contributed by atoms with E-state index in [1.165, 1.54) is 4.90 Å². The van der Waals surface area contributed by atoms with Crippen molar-refractivity contribution >= 4 is 12.1 Å². The van der Waals surface area contributed by atoms with Gasteiger partial charge < -0.3 is 76.3 Å². The Kier molecular flexibility index (Phi) is 38.6. The molecule has 0 spiro atoms. The molecule has 0 unspecified atom stereocenters. The summed E-state index contributed by atoms with van der Waals surface area (Å²) in [5.41, 5.74) is -0.516. The Morgan fingerprint density at radius 1 is 0.396 bits per heavy atom. The molecule has 0 aliphatic carbocycles. The van der Waals surface area contributed by atoms with Crippen molar-refractivity contribution in [3.8, 4) is 0 Å². The number of hydrogen-bond donors (Lipinski definition) is 1. The van der Waals surface area contributed by atoms with Crippen LogP contribution in [0.2, 0.25) is 0 Å². The molecule has 18 nitrogen and oxygen atoms in total. The Balaban J connectivity index is 3.13. The predicted octanol–water partition coefficient (Wildman–Crippen LogP) is 1.54. The molecule has 53 heavy (non-hydrogen) atoms. The van der Waals surface area contributed by atoms with Gasteiger partial charge in [-0.05, 0) is 20.8 Å². The van der Waals surface area contributed by atoms with Crippen LogP contribution >= 0.6 is 0 Å².